The Hall–Kier alpha value is -1.94. The molecule has 0 aliphatic heterocycles. The van der Waals surface area contributed by atoms with E-state index in [0.717, 1.165) is 12.1 Å². The van der Waals surface area contributed by atoms with Gasteiger partial charge >= 0.3 is 5.97 Å². The van der Waals surface area contributed by atoms with Crippen molar-refractivity contribution in [3.05, 3.63) is 52.8 Å². The molecule has 0 unspecified atom stereocenters. The number of anilines is 1. The Balaban J connectivity index is 2.15. The number of halogens is 1. The van der Waals surface area contributed by atoms with Crippen LogP contribution in [0.15, 0.2) is 36.7 Å². The molecule has 1 N–H and O–H groups in total. The van der Waals surface area contributed by atoms with E-state index in [1.54, 1.807) is 18.2 Å². The minimum Gasteiger partial charge on any atom is -0.465 e. The third-order valence-electron chi connectivity index (χ3n) is 3.05. The van der Waals surface area contributed by atoms with Crippen LogP contribution in [0.25, 0.3) is 0 Å². The molecule has 1 aromatic carbocycles. The molecule has 0 saturated carbocycles. The van der Waals surface area contributed by atoms with Gasteiger partial charge in [0.05, 0.1) is 18.4 Å². The van der Waals surface area contributed by atoms with Crippen molar-refractivity contribution >= 4 is 23.3 Å². The molecule has 4 nitrogen and oxygen atoms in total. The Labute approximate surface area is 123 Å². The van der Waals surface area contributed by atoms with Gasteiger partial charge in [0.1, 0.15) is 0 Å². The van der Waals surface area contributed by atoms with Crippen molar-refractivity contribution in [1.29, 1.82) is 0 Å². The molecule has 0 atom stereocenters. The Morgan fingerprint density at radius 1 is 1.40 bits per heavy atom. The summed E-state index contributed by atoms with van der Waals surface area (Å²) >= 11 is 5.98. The maximum Gasteiger partial charge on any atom is 0.339 e. The maximum absolute atomic E-state index is 11.7. The molecule has 2 rings (SSSR count). The summed E-state index contributed by atoms with van der Waals surface area (Å²) < 4.78 is 6.86. The SMILES string of the molecule is CCn1ccc(CNc2cc(Cl)ccc2C(=O)OC)c1. The van der Waals surface area contributed by atoms with E-state index in [-0.39, 0.29) is 5.97 Å². The summed E-state index contributed by atoms with van der Waals surface area (Å²) in [7, 11) is 1.36. The van der Waals surface area contributed by atoms with Gasteiger partial charge in [0.15, 0.2) is 0 Å². The van der Waals surface area contributed by atoms with Gasteiger partial charge in [0.2, 0.25) is 0 Å². The topological polar surface area (TPSA) is 43.3 Å². The molecule has 2 aromatic rings. The second-order valence-corrected chi connectivity index (χ2v) is 4.82. The van der Waals surface area contributed by atoms with E-state index < -0.39 is 0 Å². The molecule has 106 valence electrons. The third-order valence-corrected chi connectivity index (χ3v) is 3.28. The van der Waals surface area contributed by atoms with Gasteiger partial charge in [0.25, 0.3) is 0 Å². The summed E-state index contributed by atoms with van der Waals surface area (Å²) in [6.07, 6.45) is 4.09. The van der Waals surface area contributed by atoms with Crippen LogP contribution in [-0.2, 0) is 17.8 Å². The fourth-order valence-electron chi connectivity index (χ4n) is 1.94. The first kappa shape index (κ1) is 14.5. The summed E-state index contributed by atoms with van der Waals surface area (Å²) in [5, 5.41) is 3.80. The maximum atomic E-state index is 11.7. The Morgan fingerprint density at radius 2 is 2.20 bits per heavy atom. The number of carbonyl (C=O) groups is 1. The van der Waals surface area contributed by atoms with Crippen molar-refractivity contribution in [3.8, 4) is 0 Å². The summed E-state index contributed by atoms with van der Waals surface area (Å²) in [5.74, 6) is -0.379. The van der Waals surface area contributed by atoms with Crippen LogP contribution in [-0.4, -0.2) is 17.6 Å². The molecule has 5 heteroatoms. The van der Waals surface area contributed by atoms with Crippen molar-refractivity contribution in [1.82, 2.24) is 4.57 Å². The van der Waals surface area contributed by atoms with Crippen LogP contribution >= 0.6 is 11.6 Å². The van der Waals surface area contributed by atoms with Crippen LogP contribution in [0.5, 0.6) is 0 Å². The van der Waals surface area contributed by atoms with Gasteiger partial charge in [-0.3, -0.25) is 0 Å². The molecular formula is C15H17ClN2O2. The van der Waals surface area contributed by atoms with Crippen LogP contribution in [0.3, 0.4) is 0 Å². The largest absolute Gasteiger partial charge is 0.465 e. The lowest BCUT2D eigenvalue weighted by atomic mass is 10.1. The quantitative estimate of drug-likeness (QED) is 0.857. The van der Waals surface area contributed by atoms with E-state index in [1.807, 2.05) is 12.3 Å². The van der Waals surface area contributed by atoms with Crippen LogP contribution in [0, 0.1) is 0 Å². The van der Waals surface area contributed by atoms with Gasteiger partial charge in [-0.15, -0.1) is 0 Å². The number of benzene rings is 1. The van der Waals surface area contributed by atoms with E-state index in [4.69, 9.17) is 16.3 Å². The smallest absolute Gasteiger partial charge is 0.339 e. The van der Waals surface area contributed by atoms with Gasteiger partial charge in [0, 0.05) is 30.5 Å². The predicted molar refractivity (Wildman–Crippen MR) is 80.2 cm³/mol. The van der Waals surface area contributed by atoms with Crippen molar-refractivity contribution in [2.75, 3.05) is 12.4 Å². The molecule has 0 radical (unpaired) electrons. The Bertz CT molecular complexity index is 608. The van der Waals surface area contributed by atoms with Gasteiger partial charge in [-0.05, 0) is 36.8 Å². The molecule has 0 bridgehead atoms. The summed E-state index contributed by atoms with van der Waals surface area (Å²) in [6, 6.07) is 7.10. The van der Waals surface area contributed by atoms with Crippen LogP contribution < -0.4 is 5.32 Å². The van der Waals surface area contributed by atoms with Crippen LogP contribution in [0.1, 0.15) is 22.8 Å². The van der Waals surface area contributed by atoms with Crippen molar-refractivity contribution in [2.24, 2.45) is 0 Å². The zero-order chi connectivity index (χ0) is 14.5. The number of nitrogens with one attached hydrogen (secondary N) is 1. The second kappa shape index (κ2) is 6.48. The average molecular weight is 293 g/mol. The predicted octanol–water partition coefficient (Wildman–Crippen LogP) is 3.56. The molecule has 0 amide bonds. The Kier molecular flexibility index (Phi) is 4.69. The van der Waals surface area contributed by atoms with E-state index in [9.17, 15) is 4.79 Å². The molecule has 20 heavy (non-hydrogen) atoms. The first-order valence-electron chi connectivity index (χ1n) is 6.40. The number of carbonyl (C=O) groups excluding carboxylic acids is 1. The molecule has 0 fully saturated rings. The highest BCUT2D eigenvalue weighted by Crippen LogP contribution is 2.22. The van der Waals surface area contributed by atoms with Crippen molar-refractivity contribution in [2.45, 2.75) is 20.0 Å². The zero-order valence-corrected chi connectivity index (χ0v) is 12.3. The number of hydrogen-bond donors (Lipinski definition) is 1. The zero-order valence-electron chi connectivity index (χ0n) is 11.5. The molecule has 1 aromatic heterocycles. The van der Waals surface area contributed by atoms with Gasteiger partial charge in [-0.1, -0.05) is 11.6 Å². The highest BCUT2D eigenvalue weighted by molar-refractivity contribution is 6.31. The number of esters is 1. The molecule has 1 heterocycles. The standard InChI is InChI=1S/C15H17ClN2O2/c1-3-18-7-6-11(10-18)9-17-14-8-12(16)4-5-13(14)15(19)20-2/h4-8,10,17H,3,9H2,1-2H3. The normalized spacial score (nSPS) is 10.3. The number of aryl methyl sites for hydroxylation is 1. The van der Waals surface area contributed by atoms with Crippen molar-refractivity contribution < 1.29 is 9.53 Å². The summed E-state index contributed by atoms with van der Waals surface area (Å²) in [5.41, 5.74) is 2.29. The molecule has 0 aliphatic rings. The summed E-state index contributed by atoms with van der Waals surface area (Å²) in [4.78, 5) is 11.7. The van der Waals surface area contributed by atoms with E-state index in [2.05, 4.69) is 23.0 Å². The third kappa shape index (κ3) is 3.33. The minimum atomic E-state index is -0.379. The molecular weight excluding hydrogens is 276 g/mol. The number of methoxy groups -OCH3 is 1. The van der Waals surface area contributed by atoms with E-state index in [0.29, 0.717) is 22.8 Å². The highest BCUT2D eigenvalue weighted by Gasteiger charge is 2.12. The van der Waals surface area contributed by atoms with E-state index >= 15 is 0 Å². The summed E-state index contributed by atoms with van der Waals surface area (Å²) in [6.45, 7) is 3.64. The first-order chi connectivity index (χ1) is 9.63. The molecule has 0 spiro atoms. The van der Waals surface area contributed by atoms with Gasteiger partial charge in [-0.25, -0.2) is 4.79 Å². The fraction of sp³-hybridized carbons (Fsp3) is 0.267. The fourth-order valence-corrected chi connectivity index (χ4v) is 2.11. The van der Waals surface area contributed by atoms with Gasteiger partial charge in [-0.2, -0.15) is 0 Å². The van der Waals surface area contributed by atoms with Crippen LogP contribution in [0.4, 0.5) is 5.69 Å². The number of rotatable bonds is 5. The Morgan fingerprint density at radius 3 is 2.85 bits per heavy atom. The number of ether oxygens (including phenoxy) is 1. The van der Waals surface area contributed by atoms with Crippen molar-refractivity contribution in [3.63, 3.8) is 0 Å². The highest BCUT2D eigenvalue weighted by atomic mass is 35.5. The van der Waals surface area contributed by atoms with E-state index in [1.165, 1.54) is 7.11 Å². The second-order valence-electron chi connectivity index (χ2n) is 4.39. The first-order valence-corrected chi connectivity index (χ1v) is 6.78. The average Bonchev–Trinajstić information content (AvgIpc) is 2.92. The lowest BCUT2D eigenvalue weighted by Crippen LogP contribution is -2.08. The minimum absolute atomic E-state index is 0.379. The molecule has 0 saturated heterocycles. The monoisotopic (exact) mass is 292 g/mol. The number of nitrogens with zero attached hydrogens (tertiary/aromatic N) is 1. The number of aromatic nitrogens is 1. The van der Waals surface area contributed by atoms with Gasteiger partial charge < -0.3 is 14.6 Å². The number of hydrogen-bond acceptors (Lipinski definition) is 3. The van der Waals surface area contributed by atoms with Crippen LogP contribution in [0.2, 0.25) is 5.02 Å². The lowest BCUT2D eigenvalue weighted by molar-refractivity contribution is 0.0602. The molecule has 0 aliphatic carbocycles. The lowest BCUT2D eigenvalue weighted by Gasteiger charge is -2.10.